The number of nitrogens with one attached hydrogen (secondary N) is 2. The molecule has 5 heterocycles. The maximum atomic E-state index is 12.8. The van der Waals surface area contributed by atoms with Crippen molar-refractivity contribution in [1.29, 1.82) is 0 Å². The number of aromatic nitrogens is 2. The largest absolute Gasteiger partial charge is 0.459 e. The number of nitrogens with two attached hydrogens (primary N) is 1. The van der Waals surface area contributed by atoms with Gasteiger partial charge in [-0.25, -0.2) is 4.98 Å². The van der Waals surface area contributed by atoms with Crippen LogP contribution in [0.2, 0.25) is 0 Å². The Hall–Kier alpha value is -3.94. The minimum atomic E-state index is -0.669. The smallest absolute Gasteiger partial charge is 0.269 e. The SMILES string of the molecule is NC(=O)c1ncc(N[C@H]2CCCC[C@H]2[NH3+])cc1Nc1cc(-c2coc3c(=O)cc(N4CCOCC4)sc23)no1. The van der Waals surface area contributed by atoms with E-state index < -0.39 is 5.91 Å². The fraction of sp³-hybridized carbons (Fsp3) is 0.385. The second-order valence-electron chi connectivity index (χ2n) is 9.84. The van der Waals surface area contributed by atoms with Gasteiger partial charge in [-0.15, -0.1) is 11.3 Å². The van der Waals surface area contributed by atoms with Gasteiger partial charge in [0, 0.05) is 31.6 Å². The summed E-state index contributed by atoms with van der Waals surface area (Å²) in [6.07, 6.45) is 7.54. The molecule has 1 aliphatic carbocycles. The number of fused-ring (bicyclic) bond motifs is 1. The van der Waals surface area contributed by atoms with Crippen molar-refractivity contribution in [2.75, 3.05) is 41.8 Å². The van der Waals surface area contributed by atoms with Crippen LogP contribution in [0.5, 0.6) is 0 Å². The van der Waals surface area contributed by atoms with Crippen molar-refractivity contribution in [2.45, 2.75) is 37.8 Å². The molecule has 1 aliphatic heterocycles. The van der Waals surface area contributed by atoms with Crippen molar-refractivity contribution in [1.82, 2.24) is 10.1 Å². The number of hydrogen-bond acceptors (Lipinski definition) is 11. The number of furan rings is 1. The van der Waals surface area contributed by atoms with Gasteiger partial charge in [0.15, 0.2) is 11.3 Å². The Labute approximate surface area is 227 Å². The van der Waals surface area contributed by atoms with E-state index in [1.807, 2.05) is 0 Å². The molecule has 1 saturated carbocycles. The van der Waals surface area contributed by atoms with Crippen LogP contribution < -0.4 is 32.4 Å². The summed E-state index contributed by atoms with van der Waals surface area (Å²) in [7, 11) is 0. The van der Waals surface area contributed by atoms with Crippen LogP contribution in [-0.2, 0) is 4.74 Å². The molecule has 7 N–H and O–H groups in total. The van der Waals surface area contributed by atoms with Crippen LogP contribution in [0.1, 0.15) is 36.2 Å². The van der Waals surface area contributed by atoms with Crippen LogP contribution in [0.15, 0.2) is 44.4 Å². The molecule has 4 aromatic heterocycles. The molecule has 1 saturated heterocycles. The predicted octanol–water partition coefficient (Wildman–Crippen LogP) is 2.55. The molecule has 2 atom stereocenters. The molecule has 1 amide bonds. The van der Waals surface area contributed by atoms with Crippen LogP contribution in [0.3, 0.4) is 0 Å². The van der Waals surface area contributed by atoms with Gasteiger partial charge in [0.2, 0.25) is 11.3 Å². The first kappa shape index (κ1) is 25.3. The normalized spacial score (nSPS) is 19.8. The first-order chi connectivity index (χ1) is 19.0. The van der Waals surface area contributed by atoms with E-state index in [0.717, 1.165) is 30.0 Å². The number of carbonyl (C=O) groups is 1. The molecule has 204 valence electrons. The Morgan fingerprint density at radius 3 is 2.79 bits per heavy atom. The van der Waals surface area contributed by atoms with Crippen molar-refractivity contribution in [2.24, 2.45) is 5.73 Å². The van der Waals surface area contributed by atoms with E-state index in [2.05, 4.69) is 31.4 Å². The Morgan fingerprint density at radius 2 is 2.00 bits per heavy atom. The van der Waals surface area contributed by atoms with Gasteiger partial charge in [0.05, 0.1) is 52.1 Å². The Bertz CT molecular complexity index is 1560. The zero-order valence-corrected chi connectivity index (χ0v) is 22.1. The van der Waals surface area contributed by atoms with E-state index in [4.69, 9.17) is 19.4 Å². The maximum Gasteiger partial charge on any atom is 0.269 e. The summed E-state index contributed by atoms with van der Waals surface area (Å²) in [6.45, 7) is 2.66. The molecular formula is C26H30N7O5S+. The third-order valence-corrected chi connectivity index (χ3v) is 8.37. The Kier molecular flexibility index (Phi) is 6.94. The highest BCUT2D eigenvalue weighted by Crippen LogP contribution is 2.37. The first-order valence-electron chi connectivity index (χ1n) is 13.0. The van der Waals surface area contributed by atoms with Crippen LogP contribution in [0.4, 0.5) is 22.3 Å². The van der Waals surface area contributed by atoms with Crippen molar-refractivity contribution in [3.05, 3.63) is 46.6 Å². The highest BCUT2D eigenvalue weighted by Gasteiger charge is 2.25. The van der Waals surface area contributed by atoms with Crippen LogP contribution in [0, 0.1) is 0 Å². The number of ether oxygens (including phenoxy) is 1. The number of primary amides is 1. The molecule has 4 aromatic rings. The molecule has 6 rings (SSSR count). The summed E-state index contributed by atoms with van der Waals surface area (Å²) in [5.74, 6) is -0.386. The standard InChI is InChI=1S/C26H29N7O5S/c27-16-3-1-2-4-17(16)30-14-9-19(23(26(28)35)29-12-14)31-21-10-18(32-38-21)15-13-37-24-20(34)11-22(39-25(15)24)33-5-7-36-8-6-33/h9-13,16-17,30-31H,1-8,27H2,(H2,28,35)/p+1/t16-,17+/m1/s1. The zero-order chi connectivity index (χ0) is 26.9. The van der Waals surface area contributed by atoms with Gasteiger partial charge < -0.3 is 40.7 Å². The quantitative estimate of drug-likeness (QED) is 0.266. The monoisotopic (exact) mass is 552 g/mol. The van der Waals surface area contributed by atoms with E-state index in [9.17, 15) is 9.59 Å². The van der Waals surface area contributed by atoms with E-state index in [1.54, 1.807) is 24.4 Å². The van der Waals surface area contributed by atoms with E-state index in [1.165, 1.54) is 24.0 Å². The van der Waals surface area contributed by atoms with Gasteiger partial charge in [-0.2, -0.15) is 0 Å². The summed E-state index contributed by atoms with van der Waals surface area (Å²) in [5.41, 5.74) is 12.3. The van der Waals surface area contributed by atoms with Gasteiger partial charge in [-0.05, 0) is 18.9 Å². The lowest BCUT2D eigenvalue weighted by atomic mass is 9.91. The number of carbonyl (C=O) groups excluding carboxylic acids is 1. The molecule has 0 spiro atoms. The molecule has 0 unspecified atom stereocenters. The molecule has 2 aliphatic rings. The lowest BCUT2D eigenvalue weighted by Gasteiger charge is -2.27. The second-order valence-corrected chi connectivity index (χ2v) is 10.9. The average Bonchev–Trinajstić information content (AvgIpc) is 3.58. The number of hydrogen-bond donors (Lipinski definition) is 4. The van der Waals surface area contributed by atoms with Crippen LogP contribution in [-0.4, -0.2) is 54.4 Å². The fourth-order valence-electron chi connectivity index (χ4n) is 5.09. The minimum absolute atomic E-state index is 0.0791. The molecule has 0 bridgehead atoms. The third-order valence-electron chi connectivity index (χ3n) is 7.18. The predicted molar refractivity (Wildman–Crippen MR) is 147 cm³/mol. The number of anilines is 4. The molecule has 39 heavy (non-hydrogen) atoms. The van der Waals surface area contributed by atoms with Gasteiger partial charge in [0.1, 0.15) is 18.0 Å². The average molecular weight is 553 g/mol. The number of nitrogens with zero attached hydrogens (tertiary/aromatic N) is 3. The molecule has 13 heteroatoms. The van der Waals surface area contributed by atoms with Crippen LogP contribution >= 0.6 is 11.3 Å². The van der Waals surface area contributed by atoms with E-state index in [0.29, 0.717) is 54.0 Å². The summed E-state index contributed by atoms with van der Waals surface area (Å²) >= 11 is 1.46. The highest BCUT2D eigenvalue weighted by atomic mass is 32.1. The zero-order valence-electron chi connectivity index (χ0n) is 21.3. The van der Waals surface area contributed by atoms with E-state index >= 15 is 0 Å². The van der Waals surface area contributed by atoms with Gasteiger partial charge in [-0.1, -0.05) is 11.6 Å². The third kappa shape index (κ3) is 5.20. The topological polar surface area (TPSA) is 176 Å². The van der Waals surface area contributed by atoms with Gasteiger partial charge in [0.25, 0.3) is 5.91 Å². The molecule has 2 fully saturated rings. The molecular weight excluding hydrogens is 522 g/mol. The number of amides is 1. The minimum Gasteiger partial charge on any atom is -0.459 e. The molecule has 0 aromatic carbocycles. The van der Waals surface area contributed by atoms with Gasteiger partial charge in [-0.3, -0.25) is 9.59 Å². The van der Waals surface area contributed by atoms with Crippen molar-refractivity contribution < 1.29 is 24.2 Å². The molecule has 0 radical (unpaired) electrons. The molecule has 12 nitrogen and oxygen atoms in total. The lowest BCUT2D eigenvalue weighted by Crippen LogP contribution is -2.68. The number of morpholine rings is 1. The second kappa shape index (κ2) is 10.7. The Balaban J connectivity index is 1.28. The number of quaternary nitrogens is 1. The fourth-order valence-corrected chi connectivity index (χ4v) is 6.28. The maximum absolute atomic E-state index is 12.8. The van der Waals surface area contributed by atoms with E-state index in [-0.39, 0.29) is 28.6 Å². The van der Waals surface area contributed by atoms with Crippen molar-refractivity contribution in [3.8, 4) is 11.3 Å². The summed E-state index contributed by atoms with van der Waals surface area (Å²) < 4.78 is 17.3. The first-order valence-corrected chi connectivity index (χ1v) is 13.8. The van der Waals surface area contributed by atoms with Gasteiger partial charge >= 0.3 is 0 Å². The summed E-state index contributed by atoms with van der Waals surface area (Å²) in [5, 5.41) is 11.6. The summed E-state index contributed by atoms with van der Waals surface area (Å²) in [4.78, 5) is 31.3. The highest BCUT2D eigenvalue weighted by molar-refractivity contribution is 7.22. The lowest BCUT2D eigenvalue weighted by molar-refractivity contribution is -0.427. The number of pyridine rings is 1. The van der Waals surface area contributed by atoms with Crippen LogP contribution in [0.25, 0.3) is 21.5 Å². The van der Waals surface area contributed by atoms with Crippen molar-refractivity contribution >= 4 is 49.8 Å². The summed E-state index contributed by atoms with van der Waals surface area (Å²) in [6, 6.07) is 5.59. The number of rotatable bonds is 7. The van der Waals surface area contributed by atoms with Crippen molar-refractivity contribution in [3.63, 3.8) is 0 Å². The Morgan fingerprint density at radius 1 is 1.18 bits per heavy atom.